The van der Waals surface area contributed by atoms with Crippen LogP contribution in [0.4, 0.5) is 10.1 Å². The Balaban J connectivity index is 1.86. The molecule has 1 amide bonds. The van der Waals surface area contributed by atoms with Crippen molar-refractivity contribution in [3.63, 3.8) is 0 Å². The summed E-state index contributed by atoms with van der Waals surface area (Å²) < 4.78 is 25.5. The smallest absolute Gasteiger partial charge is 0.266 e. The number of carbonyl (C=O) groups excluding carboxylic acids is 1. The van der Waals surface area contributed by atoms with E-state index in [0.29, 0.717) is 48.5 Å². The van der Waals surface area contributed by atoms with Crippen LogP contribution >= 0.6 is 45.8 Å². The maximum Gasteiger partial charge on any atom is 0.266 e. The highest BCUT2D eigenvalue weighted by Gasteiger charge is 2.16. The molecule has 0 aliphatic carbocycles. The number of anilines is 1. The minimum atomic E-state index is -0.615. The molecule has 1 N–H and O–H groups in total. The van der Waals surface area contributed by atoms with E-state index in [2.05, 4.69) is 27.9 Å². The van der Waals surface area contributed by atoms with Gasteiger partial charge in [-0.3, -0.25) is 4.79 Å². The molecule has 0 fully saturated rings. The third-order valence-corrected chi connectivity index (χ3v) is 6.04. The highest BCUT2D eigenvalue weighted by atomic mass is 127. The third-order valence-electron chi connectivity index (χ3n) is 4.53. The first kappa shape index (κ1) is 25.8. The van der Waals surface area contributed by atoms with Crippen molar-refractivity contribution in [3.8, 4) is 17.6 Å². The number of nitrogens with zero attached hydrogens (tertiary/aromatic N) is 1. The molecule has 0 spiro atoms. The van der Waals surface area contributed by atoms with Crippen molar-refractivity contribution in [1.29, 1.82) is 5.26 Å². The minimum absolute atomic E-state index is 0.126. The van der Waals surface area contributed by atoms with Crippen molar-refractivity contribution in [2.45, 2.75) is 13.5 Å². The molecule has 174 valence electrons. The number of halogens is 4. The summed E-state index contributed by atoms with van der Waals surface area (Å²) in [6, 6.07) is 15.8. The molecule has 0 radical (unpaired) electrons. The van der Waals surface area contributed by atoms with Crippen LogP contribution in [0.3, 0.4) is 0 Å². The van der Waals surface area contributed by atoms with Crippen LogP contribution in [-0.2, 0) is 11.4 Å². The van der Waals surface area contributed by atoms with Crippen molar-refractivity contribution in [3.05, 3.63) is 90.7 Å². The molecular formula is C25H18Cl2FIN2O3. The number of benzene rings is 3. The summed E-state index contributed by atoms with van der Waals surface area (Å²) in [5.74, 6) is -0.105. The van der Waals surface area contributed by atoms with Crippen LogP contribution in [0.25, 0.3) is 6.08 Å². The maximum absolute atomic E-state index is 13.1. The molecule has 0 bridgehead atoms. The molecule has 9 heteroatoms. The van der Waals surface area contributed by atoms with Crippen LogP contribution in [0.15, 0.2) is 60.2 Å². The molecule has 0 atom stereocenters. The first-order valence-corrected chi connectivity index (χ1v) is 11.9. The van der Waals surface area contributed by atoms with Gasteiger partial charge in [0, 0.05) is 21.3 Å². The average molecular weight is 611 g/mol. The Kier molecular flexibility index (Phi) is 9.16. The molecular weight excluding hydrogens is 593 g/mol. The Labute approximate surface area is 220 Å². The van der Waals surface area contributed by atoms with Gasteiger partial charge in [0.15, 0.2) is 11.5 Å². The molecule has 3 aromatic carbocycles. The van der Waals surface area contributed by atoms with Gasteiger partial charge in [-0.05, 0) is 89.7 Å². The molecule has 0 aliphatic heterocycles. The molecule has 3 rings (SSSR count). The van der Waals surface area contributed by atoms with Gasteiger partial charge < -0.3 is 14.8 Å². The molecule has 0 heterocycles. The van der Waals surface area contributed by atoms with E-state index >= 15 is 0 Å². The molecule has 0 saturated carbocycles. The standard InChI is InChI=1S/C25H18Cl2FIN2O3/c1-2-33-23-12-15(10-16(13-30)25(32)31-18-8-6-17(28)7-9-18)11-22(29)24(23)34-14-19-20(26)4-3-5-21(19)27/h3-12H,2,14H2,1H3,(H,31,32)/b16-10-. The van der Waals surface area contributed by atoms with Crippen LogP contribution in [0.2, 0.25) is 10.0 Å². The first-order chi connectivity index (χ1) is 16.3. The van der Waals surface area contributed by atoms with Crippen molar-refractivity contribution in [1.82, 2.24) is 0 Å². The van der Waals surface area contributed by atoms with E-state index < -0.39 is 11.7 Å². The average Bonchev–Trinajstić information content (AvgIpc) is 2.80. The number of hydrogen-bond acceptors (Lipinski definition) is 4. The molecule has 3 aromatic rings. The highest BCUT2D eigenvalue weighted by molar-refractivity contribution is 14.1. The monoisotopic (exact) mass is 610 g/mol. The lowest BCUT2D eigenvalue weighted by atomic mass is 10.1. The number of nitriles is 1. The fourth-order valence-corrected chi connectivity index (χ4v) is 4.22. The number of amides is 1. The van der Waals surface area contributed by atoms with Crippen molar-refractivity contribution >= 4 is 63.5 Å². The Morgan fingerprint density at radius 2 is 1.82 bits per heavy atom. The summed E-state index contributed by atoms with van der Waals surface area (Å²) in [6.45, 7) is 2.34. The van der Waals surface area contributed by atoms with E-state index in [1.165, 1.54) is 30.3 Å². The topological polar surface area (TPSA) is 71.3 Å². The van der Waals surface area contributed by atoms with Gasteiger partial charge in [-0.25, -0.2) is 4.39 Å². The zero-order valence-corrected chi connectivity index (χ0v) is 21.5. The van der Waals surface area contributed by atoms with Gasteiger partial charge in [0.2, 0.25) is 0 Å². The number of rotatable bonds is 8. The molecule has 0 saturated heterocycles. The molecule has 0 unspecified atom stereocenters. The summed E-state index contributed by atoms with van der Waals surface area (Å²) >= 11 is 14.6. The van der Waals surface area contributed by atoms with Crippen LogP contribution < -0.4 is 14.8 Å². The molecule has 34 heavy (non-hydrogen) atoms. The molecule has 5 nitrogen and oxygen atoms in total. The fraction of sp³-hybridized carbons (Fsp3) is 0.120. The number of carbonyl (C=O) groups is 1. The summed E-state index contributed by atoms with van der Waals surface area (Å²) in [5.41, 5.74) is 1.47. The zero-order valence-electron chi connectivity index (χ0n) is 17.9. The first-order valence-electron chi connectivity index (χ1n) is 10.0. The zero-order chi connectivity index (χ0) is 24.7. The van der Waals surface area contributed by atoms with Crippen LogP contribution in [0.1, 0.15) is 18.1 Å². The predicted octanol–water partition coefficient (Wildman–Crippen LogP) is 7.26. The van der Waals surface area contributed by atoms with E-state index in [9.17, 15) is 14.4 Å². The normalized spacial score (nSPS) is 11.0. The summed E-state index contributed by atoms with van der Waals surface area (Å²) in [6.07, 6.45) is 1.44. The molecule has 0 aromatic heterocycles. The van der Waals surface area contributed by atoms with Gasteiger partial charge >= 0.3 is 0 Å². The van der Waals surface area contributed by atoms with E-state index in [0.717, 1.165) is 0 Å². The van der Waals surface area contributed by atoms with Gasteiger partial charge in [0.1, 0.15) is 24.1 Å². The SMILES string of the molecule is CCOc1cc(/C=C(/C#N)C(=O)Nc2ccc(F)cc2)cc(I)c1OCc1c(Cl)cccc1Cl. The lowest BCUT2D eigenvalue weighted by Crippen LogP contribution is -2.13. The van der Waals surface area contributed by atoms with Gasteiger partial charge in [-0.15, -0.1) is 0 Å². The second-order valence-corrected chi connectivity index (χ2v) is 8.86. The van der Waals surface area contributed by atoms with Gasteiger partial charge in [-0.1, -0.05) is 29.3 Å². The third kappa shape index (κ3) is 6.63. The van der Waals surface area contributed by atoms with Crippen LogP contribution in [0, 0.1) is 20.7 Å². The largest absolute Gasteiger partial charge is 0.490 e. The summed E-state index contributed by atoms with van der Waals surface area (Å²) in [5, 5.41) is 13.1. The van der Waals surface area contributed by atoms with E-state index in [4.69, 9.17) is 32.7 Å². The summed E-state index contributed by atoms with van der Waals surface area (Å²) in [7, 11) is 0. The minimum Gasteiger partial charge on any atom is -0.490 e. The lowest BCUT2D eigenvalue weighted by Gasteiger charge is -2.16. The Hall–Kier alpha value is -2.80. The van der Waals surface area contributed by atoms with Gasteiger partial charge in [0.25, 0.3) is 5.91 Å². The Morgan fingerprint density at radius 3 is 2.44 bits per heavy atom. The van der Waals surface area contributed by atoms with Crippen molar-refractivity contribution in [2.75, 3.05) is 11.9 Å². The van der Waals surface area contributed by atoms with Gasteiger partial charge in [0.05, 0.1) is 10.2 Å². The predicted molar refractivity (Wildman–Crippen MR) is 140 cm³/mol. The van der Waals surface area contributed by atoms with E-state index in [1.807, 2.05) is 13.0 Å². The highest BCUT2D eigenvalue weighted by Crippen LogP contribution is 2.36. The fourth-order valence-electron chi connectivity index (χ4n) is 2.94. The number of ether oxygens (including phenoxy) is 2. The van der Waals surface area contributed by atoms with E-state index in [1.54, 1.807) is 30.3 Å². The second-order valence-electron chi connectivity index (χ2n) is 6.88. The second kappa shape index (κ2) is 12.1. The molecule has 0 aliphatic rings. The van der Waals surface area contributed by atoms with Crippen molar-refractivity contribution in [2.24, 2.45) is 0 Å². The number of nitrogens with one attached hydrogen (secondary N) is 1. The lowest BCUT2D eigenvalue weighted by molar-refractivity contribution is -0.112. The number of hydrogen-bond donors (Lipinski definition) is 1. The summed E-state index contributed by atoms with van der Waals surface area (Å²) in [4.78, 5) is 12.5. The Morgan fingerprint density at radius 1 is 1.15 bits per heavy atom. The van der Waals surface area contributed by atoms with Crippen LogP contribution in [-0.4, -0.2) is 12.5 Å². The quantitative estimate of drug-likeness (QED) is 0.166. The van der Waals surface area contributed by atoms with Gasteiger partial charge in [-0.2, -0.15) is 5.26 Å². The van der Waals surface area contributed by atoms with E-state index in [-0.39, 0.29) is 12.2 Å². The Bertz CT molecular complexity index is 1250. The maximum atomic E-state index is 13.1. The van der Waals surface area contributed by atoms with Crippen molar-refractivity contribution < 1.29 is 18.7 Å². The van der Waals surface area contributed by atoms with Crippen LogP contribution in [0.5, 0.6) is 11.5 Å².